The molecule has 2 N–H and O–H groups in total. The molecule has 0 aliphatic carbocycles. The van der Waals surface area contributed by atoms with Crippen LogP contribution in [0, 0.1) is 5.92 Å². The van der Waals surface area contributed by atoms with Crippen LogP contribution in [-0.4, -0.2) is 63.8 Å². The Kier molecular flexibility index (Phi) is 5.93. The molecule has 0 aromatic rings. The zero-order chi connectivity index (χ0) is 19.6. The number of likely N-dealkylation sites (tertiary alicyclic amines) is 1. The van der Waals surface area contributed by atoms with E-state index in [4.69, 9.17) is 9.84 Å². The number of hydrogen-bond acceptors (Lipinski definition) is 6. The van der Waals surface area contributed by atoms with Gasteiger partial charge in [-0.2, -0.15) is 0 Å². The van der Waals surface area contributed by atoms with E-state index in [1.54, 1.807) is 34.6 Å². The highest BCUT2D eigenvalue weighted by molar-refractivity contribution is 6.20. The van der Waals surface area contributed by atoms with Crippen molar-refractivity contribution >= 4 is 29.5 Å². The van der Waals surface area contributed by atoms with Crippen molar-refractivity contribution in [2.24, 2.45) is 5.92 Å². The second kappa shape index (κ2) is 7.20. The van der Waals surface area contributed by atoms with Crippen LogP contribution in [0.1, 0.15) is 41.0 Å². The van der Waals surface area contributed by atoms with Crippen molar-refractivity contribution in [3.05, 3.63) is 0 Å². The third kappa shape index (κ3) is 5.54. The first kappa shape index (κ1) is 20.6. The summed E-state index contributed by atoms with van der Waals surface area (Å²) < 4.78 is 5.02. The number of carbonyl (C=O) groups is 5. The summed E-state index contributed by atoms with van der Waals surface area (Å²) in [5, 5.41) is 11.2. The maximum Gasteiger partial charge on any atom is 0.325 e. The van der Waals surface area contributed by atoms with Crippen LogP contribution < -0.4 is 5.32 Å². The molecule has 0 saturated carbocycles. The first-order valence-corrected chi connectivity index (χ1v) is 7.80. The minimum atomic E-state index is -1.66. The summed E-state index contributed by atoms with van der Waals surface area (Å²) in [6, 6.07) is 0. The third-order valence-corrected chi connectivity index (χ3v) is 3.56. The maximum atomic E-state index is 12.5. The molecule has 1 unspecified atom stereocenters. The fourth-order valence-electron chi connectivity index (χ4n) is 2.54. The second-order valence-corrected chi connectivity index (χ2v) is 7.51. The Bertz CT molecular complexity index is 604. The van der Waals surface area contributed by atoms with Crippen molar-refractivity contribution in [3.63, 3.8) is 0 Å². The summed E-state index contributed by atoms with van der Waals surface area (Å²) >= 11 is 0. The Labute approximate surface area is 145 Å². The second-order valence-electron chi connectivity index (χ2n) is 7.51. The number of piperidine rings is 1. The molecule has 1 heterocycles. The summed E-state index contributed by atoms with van der Waals surface area (Å²) in [6.07, 6.45) is -0.156. The third-order valence-electron chi connectivity index (χ3n) is 3.56. The Balaban J connectivity index is 2.83. The SMILES string of the molecule is CC(C)(C)OC(=O)CNC(=O)C1C(=O)CC(C)(C)N(CC(=O)O)C1=O. The molecule has 140 valence electrons. The van der Waals surface area contributed by atoms with Gasteiger partial charge in [0, 0.05) is 12.0 Å². The normalized spacial score (nSPS) is 20.2. The van der Waals surface area contributed by atoms with Crippen LogP contribution in [0.15, 0.2) is 0 Å². The number of ether oxygens (including phenoxy) is 1. The van der Waals surface area contributed by atoms with Crippen LogP contribution in [0.5, 0.6) is 0 Å². The van der Waals surface area contributed by atoms with Gasteiger partial charge in [-0.3, -0.25) is 24.0 Å². The molecular weight excluding hydrogens is 332 g/mol. The van der Waals surface area contributed by atoms with Gasteiger partial charge in [-0.05, 0) is 34.6 Å². The molecule has 1 rings (SSSR count). The number of hydrogen-bond donors (Lipinski definition) is 2. The smallest absolute Gasteiger partial charge is 0.325 e. The van der Waals surface area contributed by atoms with E-state index in [0.29, 0.717) is 0 Å². The molecule has 1 fully saturated rings. The van der Waals surface area contributed by atoms with Crippen molar-refractivity contribution in [1.82, 2.24) is 10.2 Å². The van der Waals surface area contributed by atoms with Gasteiger partial charge >= 0.3 is 11.9 Å². The van der Waals surface area contributed by atoms with Crippen molar-refractivity contribution in [2.75, 3.05) is 13.1 Å². The zero-order valence-electron chi connectivity index (χ0n) is 15.0. The molecule has 1 aliphatic rings. The lowest BCUT2D eigenvalue weighted by atomic mass is 9.82. The van der Waals surface area contributed by atoms with Crippen molar-refractivity contribution < 1.29 is 33.8 Å². The largest absolute Gasteiger partial charge is 0.480 e. The molecular formula is C16H24N2O7. The van der Waals surface area contributed by atoms with Crippen LogP contribution in [0.2, 0.25) is 0 Å². The topological polar surface area (TPSA) is 130 Å². The van der Waals surface area contributed by atoms with Gasteiger partial charge in [-0.25, -0.2) is 0 Å². The molecule has 9 heteroatoms. The molecule has 0 bridgehead atoms. The average Bonchev–Trinajstić information content (AvgIpc) is 2.38. The Morgan fingerprint density at radius 1 is 1.28 bits per heavy atom. The van der Waals surface area contributed by atoms with Crippen LogP contribution in [0.25, 0.3) is 0 Å². The van der Waals surface area contributed by atoms with E-state index in [0.717, 1.165) is 4.90 Å². The molecule has 0 spiro atoms. The minimum absolute atomic E-state index is 0.156. The predicted octanol–water partition coefficient (Wildman–Crippen LogP) is -0.275. The van der Waals surface area contributed by atoms with Crippen LogP contribution >= 0.6 is 0 Å². The Hall–Kier alpha value is -2.45. The lowest BCUT2D eigenvalue weighted by molar-refractivity contribution is -0.163. The number of carboxylic acids is 1. The number of carboxylic acid groups (broad SMARTS) is 1. The van der Waals surface area contributed by atoms with Gasteiger partial charge in [-0.1, -0.05) is 0 Å². The van der Waals surface area contributed by atoms with E-state index < -0.39 is 59.7 Å². The number of Topliss-reactive ketones (excluding diaryl/α,β-unsaturated/α-hetero) is 1. The fourth-order valence-corrected chi connectivity index (χ4v) is 2.54. The number of esters is 1. The standard InChI is InChI=1S/C16H24N2O7/c1-15(2,3)25-11(22)7-17-13(23)12-9(19)6-16(4,5)18(14(12)24)8-10(20)21/h12H,6-8H2,1-5H3,(H,17,23)(H,20,21). The molecule has 0 radical (unpaired) electrons. The molecule has 1 aliphatic heterocycles. The molecule has 25 heavy (non-hydrogen) atoms. The highest BCUT2D eigenvalue weighted by Gasteiger charge is 2.49. The lowest BCUT2D eigenvalue weighted by Gasteiger charge is -2.43. The van der Waals surface area contributed by atoms with Crippen LogP contribution in [0.3, 0.4) is 0 Å². The molecule has 1 saturated heterocycles. The summed E-state index contributed by atoms with van der Waals surface area (Å²) in [6.45, 7) is 6.98. The molecule has 1 atom stereocenters. The van der Waals surface area contributed by atoms with E-state index in [9.17, 15) is 24.0 Å². The molecule has 2 amide bonds. The number of rotatable bonds is 5. The number of nitrogens with zero attached hydrogens (tertiary/aromatic N) is 1. The average molecular weight is 356 g/mol. The first-order chi connectivity index (χ1) is 11.2. The summed E-state index contributed by atoms with van der Waals surface area (Å²) in [4.78, 5) is 60.4. The summed E-state index contributed by atoms with van der Waals surface area (Å²) in [5.41, 5.74) is -1.74. The van der Waals surface area contributed by atoms with Crippen LogP contribution in [0.4, 0.5) is 0 Å². The first-order valence-electron chi connectivity index (χ1n) is 7.80. The van der Waals surface area contributed by atoms with E-state index in [2.05, 4.69) is 5.32 Å². The highest BCUT2D eigenvalue weighted by Crippen LogP contribution is 2.29. The summed E-state index contributed by atoms with van der Waals surface area (Å²) in [7, 11) is 0. The van der Waals surface area contributed by atoms with Crippen molar-refractivity contribution in [3.8, 4) is 0 Å². The van der Waals surface area contributed by atoms with Gasteiger partial charge in [0.1, 0.15) is 18.7 Å². The van der Waals surface area contributed by atoms with Gasteiger partial charge in [0.25, 0.3) is 0 Å². The van der Waals surface area contributed by atoms with Gasteiger partial charge in [0.05, 0.1) is 0 Å². The maximum absolute atomic E-state index is 12.5. The van der Waals surface area contributed by atoms with Gasteiger partial charge < -0.3 is 20.1 Å². The number of ketones is 1. The summed E-state index contributed by atoms with van der Waals surface area (Å²) in [5.74, 6) is -6.05. The van der Waals surface area contributed by atoms with E-state index in [-0.39, 0.29) is 6.42 Å². The number of carbonyl (C=O) groups excluding carboxylic acids is 4. The predicted molar refractivity (Wildman–Crippen MR) is 85.4 cm³/mol. The lowest BCUT2D eigenvalue weighted by Crippen LogP contribution is -2.61. The minimum Gasteiger partial charge on any atom is -0.480 e. The number of amides is 2. The zero-order valence-corrected chi connectivity index (χ0v) is 15.0. The van der Waals surface area contributed by atoms with Gasteiger partial charge in [0.2, 0.25) is 11.8 Å². The van der Waals surface area contributed by atoms with Crippen LogP contribution in [-0.2, 0) is 28.7 Å². The monoisotopic (exact) mass is 356 g/mol. The quantitative estimate of drug-likeness (QED) is 0.512. The number of aliphatic carboxylic acids is 1. The Morgan fingerprint density at radius 2 is 1.84 bits per heavy atom. The van der Waals surface area contributed by atoms with E-state index in [1.165, 1.54) is 0 Å². The fraction of sp³-hybridized carbons (Fsp3) is 0.688. The highest BCUT2D eigenvalue weighted by atomic mass is 16.6. The van der Waals surface area contributed by atoms with E-state index >= 15 is 0 Å². The van der Waals surface area contributed by atoms with Crippen molar-refractivity contribution in [1.29, 1.82) is 0 Å². The van der Waals surface area contributed by atoms with Crippen molar-refractivity contribution in [2.45, 2.75) is 52.2 Å². The van der Waals surface area contributed by atoms with E-state index in [1.807, 2.05) is 0 Å². The van der Waals surface area contributed by atoms with Gasteiger partial charge in [0.15, 0.2) is 11.7 Å². The Morgan fingerprint density at radius 3 is 2.32 bits per heavy atom. The molecule has 0 aromatic heterocycles. The van der Waals surface area contributed by atoms with Gasteiger partial charge in [-0.15, -0.1) is 0 Å². The molecule has 0 aromatic carbocycles. The number of nitrogens with one attached hydrogen (secondary N) is 1. The molecule has 9 nitrogen and oxygen atoms in total.